The van der Waals surface area contributed by atoms with Gasteiger partial charge in [0.2, 0.25) is 12.3 Å². The minimum atomic E-state index is -0.728. The Morgan fingerprint density at radius 1 is 1.27 bits per heavy atom. The monoisotopic (exact) mass is 430 g/mol. The lowest BCUT2D eigenvalue weighted by Gasteiger charge is -2.33. The van der Waals surface area contributed by atoms with Gasteiger partial charge in [0.1, 0.15) is 0 Å². The molecule has 0 aromatic heterocycles. The molecule has 1 aromatic rings. The lowest BCUT2D eigenvalue weighted by Crippen LogP contribution is -2.34. The molecule has 0 radical (unpaired) electrons. The molecule has 1 aliphatic rings. The molecule has 1 fully saturated rings. The van der Waals surface area contributed by atoms with E-state index >= 15 is 0 Å². The molecule has 30 heavy (non-hydrogen) atoms. The van der Waals surface area contributed by atoms with Gasteiger partial charge in [-0.2, -0.15) is 0 Å². The third-order valence-corrected chi connectivity index (χ3v) is 5.41. The number of hydrogen-bond donors (Lipinski definition) is 3. The first-order valence-corrected chi connectivity index (χ1v) is 10.6. The van der Waals surface area contributed by atoms with Gasteiger partial charge < -0.3 is 20.5 Å². The van der Waals surface area contributed by atoms with E-state index in [-0.39, 0.29) is 5.91 Å². The number of aliphatic hydroxyl groups is 1. The molecular weight excluding hydrogens is 399 g/mol. The fourth-order valence-electron chi connectivity index (χ4n) is 3.37. The van der Waals surface area contributed by atoms with Gasteiger partial charge in [-0.15, -0.1) is 9.24 Å². The van der Waals surface area contributed by atoms with Gasteiger partial charge >= 0.3 is 0 Å². The highest BCUT2D eigenvalue weighted by molar-refractivity contribution is 7.27. The standard InChI is InChI=1S/C23H31N2O4P/c1-29-14-10-20(3-2-13-24-17-26)25-22(27)15-18-8-11-23(28,12-9-18)16-19-4-6-21(30)7-5-19/h2-7,10,15,17,28H,8-9,11-14,16,30H2,1H3,(H,24,26)(H,25,27)/b3-2-,18-15?,20-10+. The molecule has 0 heterocycles. The predicted molar refractivity (Wildman–Crippen MR) is 122 cm³/mol. The summed E-state index contributed by atoms with van der Waals surface area (Å²) in [5.41, 5.74) is 2.04. The second-order valence-corrected chi connectivity index (χ2v) is 8.14. The Balaban J connectivity index is 1.90. The van der Waals surface area contributed by atoms with Crippen molar-refractivity contribution in [2.24, 2.45) is 0 Å². The van der Waals surface area contributed by atoms with Gasteiger partial charge in [-0.1, -0.05) is 35.9 Å². The summed E-state index contributed by atoms with van der Waals surface area (Å²) in [6.45, 7) is 0.742. The summed E-state index contributed by atoms with van der Waals surface area (Å²) in [4.78, 5) is 22.7. The van der Waals surface area contributed by atoms with E-state index < -0.39 is 5.60 Å². The number of rotatable bonds is 10. The second kappa shape index (κ2) is 12.4. The van der Waals surface area contributed by atoms with E-state index in [0.717, 1.165) is 16.4 Å². The van der Waals surface area contributed by atoms with Crippen LogP contribution in [-0.4, -0.2) is 43.3 Å². The summed E-state index contributed by atoms with van der Waals surface area (Å²) >= 11 is 0. The first kappa shape index (κ1) is 24.0. The smallest absolute Gasteiger partial charge is 0.248 e. The van der Waals surface area contributed by atoms with E-state index in [1.807, 2.05) is 24.3 Å². The number of amides is 2. The van der Waals surface area contributed by atoms with Crippen LogP contribution in [0, 0.1) is 0 Å². The van der Waals surface area contributed by atoms with Crippen LogP contribution >= 0.6 is 9.24 Å². The molecule has 0 saturated heterocycles. The van der Waals surface area contributed by atoms with Crippen LogP contribution in [0.5, 0.6) is 0 Å². The Bertz CT molecular complexity index is 790. The van der Waals surface area contributed by atoms with Crippen LogP contribution < -0.4 is 15.9 Å². The molecule has 1 aliphatic carbocycles. The van der Waals surface area contributed by atoms with Gasteiger partial charge in [0.05, 0.1) is 12.2 Å². The van der Waals surface area contributed by atoms with Crippen LogP contribution in [0.15, 0.2) is 59.8 Å². The number of methoxy groups -OCH3 is 1. The fraction of sp³-hybridized carbons (Fsp3) is 0.391. The number of carbonyl (C=O) groups excluding carboxylic acids is 2. The number of nitrogens with one attached hydrogen (secondary N) is 2. The minimum absolute atomic E-state index is 0.207. The maximum absolute atomic E-state index is 12.4. The predicted octanol–water partition coefficient (Wildman–Crippen LogP) is 1.91. The zero-order valence-corrected chi connectivity index (χ0v) is 18.5. The van der Waals surface area contributed by atoms with E-state index in [4.69, 9.17) is 4.74 Å². The number of carbonyl (C=O) groups is 2. The fourth-order valence-corrected chi connectivity index (χ4v) is 3.57. The Labute approximate surface area is 180 Å². The highest BCUT2D eigenvalue weighted by atomic mass is 31.0. The molecule has 0 bridgehead atoms. The van der Waals surface area contributed by atoms with Gasteiger partial charge in [-0.05, 0) is 48.7 Å². The van der Waals surface area contributed by atoms with Crippen molar-refractivity contribution in [2.75, 3.05) is 20.3 Å². The van der Waals surface area contributed by atoms with Crippen molar-refractivity contribution in [1.29, 1.82) is 0 Å². The highest BCUT2D eigenvalue weighted by Crippen LogP contribution is 2.34. The molecule has 3 N–H and O–H groups in total. The third-order valence-electron chi connectivity index (χ3n) is 5.02. The number of allylic oxidation sites excluding steroid dienone is 2. The number of benzene rings is 1. The van der Waals surface area contributed by atoms with Gasteiger partial charge in [0, 0.05) is 31.8 Å². The van der Waals surface area contributed by atoms with E-state index in [1.165, 1.54) is 0 Å². The quantitative estimate of drug-likeness (QED) is 0.174. The Kier molecular flexibility index (Phi) is 9.95. The van der Waals surface area contributed by atoms with Crippen LogP contribution in [0.2, 0.25) is 0 Å². The first-order valence-electron chi connectivity index (χ1n) is 10.0. The first-order chi connectivity index (χ1) is 14.4. The molecule has 7 heteroatoms. The van der Waals surface area contributed by atoms with Crippen LogP contribution in [0.4, 0.5) is 0 Å². The largest absolute Gasteiger partial charge is 0.390 e. The zero-order valence-electron chi connectivity index (χ0n) is 17.4. The lowest BCUT2D eigenvalue weighted by atomic mass is 9.78. The maximum atomic E-state index is 12.4. The Morgan fingerprint density at radius 3 is 2.60 bits per heavy atom. The van der Waals surface area contributed by atoms with Crippen molar-refractivity contribution in [1.82, 2.24) is 10.6 Å². The summed E-state index contributed by atoms with van der Waals surface area (Å²) in [6, 6.07) is 8.15. The van der Waals surface area contributed by atoms with Gasteiger partial charge in [0.25, 0.3) is 0 Å². The van der Waals surface area contributed by atoms with Gasteiger partial charge in [-0.25, -0.2) is 0 Å². The van der Waals surface area contributed by atoms with Crippen LogP contribution in [0.25, 0.3) is 0 Å². The Morgan fingerprint density at radius 2 is 1.97 bits per heavy atom. The SMILES string of the molecule is COC/C=C(\C=C/CNC=O)NC(=O)C=C1CCC(O)(Cc2ccc(P)cc2)CC1. The average molecular weight is 430 g/mol. The van der Waals surface area contributed by atoms with Crippen molar-refractivity contribution in [2.45, 2.75) is 37.7 Å². The van der Waals surface area contributed by atoms with Crippen molar-refractivity contribution < 1.29 is 19.4 Å². The van der Waals surface area contributed by atoms with Crippen LogP contribution in [0.3, 0.4) is 0 Å². The molecule has 1 unspecified atom stereocenters. The highest BCUT2D eigenvalue weighted by Gasteiger charge is 2.31. The number of hydrogen-bond acceptors (Lipinski definition) is 4. The van der Waals surface area contributed by atoms with Crippen molar-refractivity contribution in [3.05, 3.63) is 65.4 Å². The van der Waals surface area contributed by atoms with Crippen LogP contribution in [0.1, 0.15) is 31.2 Å². The summed E-state index contributed by atoms with van der Waals surface area (Å²) < 4.78 is 5.03. The van der Waals surface area contributed by atoms with Crippen molar-refractivity contribution in [3.8, 4) is 0 Å². The van der Waals surface area contributed by atoms with Crippen molar-refractivity contribution in [3.63, 3.8) is 0 Å². The van der Waals surface area contributed by atoms with E-state index in [9.17, 15) is 14.7 Å². The molecule has 1 atom stereocenters. The molecular formula is C23H31N2O4P. The van der Waals surface area contributed by atoms with E-state index in [0.29, 0.717) is 57.4 Å². The van der Waals surface area contributed by atoms with Gasteiger partial charge in [-0.3, -0.25) is 9.59 Å². The normalized spacial score (nSPS) is 19.6. The minimum Gasteiger partial charge on any atom is -0.390 e. The average Bonchev–Trinajstić information content (AvgIpc) is 2.73. The zero-order chi connectivity index (χ0) is 21.8. The summed E-state index contributed by atoms with van der Waals surface area (Å²) in [5, 5.41) is 17.4. The number of ether oxygens (including phenoxy) is 1. The maximum Gasteiger partial charge on any atom is 0.248 e. The molecule has 0 spiro atoms. The molecule has 162 valence electrons. The summed E-state index contributed by atoms with van der Waals surface area (Å²) in [5.74, 6) is -0.207. The van der Waals surface area contributed by atoms with Gasteiger partial charge in [0.15, 0.2) is 0 Å². The lowest BCUT2D eigenvalue weighted by molar-refractivity contribution is -0.116. The molecule has 1 aromatic carbocycles. The molecule has 1 saturated carbocycles. The molecule has 0 aliphatic heterocycles. The molecule has 6 nitrogen and oxygen atoms in total. The Hall–Kier alpha value is -2.27. The molecule has 2 amide bonds. The van der Waals surface area contributed by atoms with E-state index in [2.05, 4.69) is 19.9 Å². The second-order valence-electron chi connectivity index (χ2n) is 7.48. The van der Waals surface area contributed by atoms with Crippen LogP contribution in [-0.2, 0) is 20.7 Å². The third kappa shape index (κ3) is 8.62. The summed E-state index contributed by atoms with van der Waals surface area (Å²) in [6.07, 6.45) is 10.8. The van der Waals surface area contributed by atoms with E-state index in [1.54, 1.807) is 31.4 Å². The topological polar surface area (TPSA) is 87.7 Å². The summed E-state index contributed by atoms with van der Waals surface area (Å²) in [7, 11) is 4.24. The van der Waals surface area contributed by atoms with Crippen molar-refractivity contribution >= 4 is 26.9 Å². The molecule has 2 rings (SSSR count).